The van der Waals surface area contributed by atoms with E-state index in [1.54, 1.807) is 0 Å². The van der Waals surface area contributed by atoms with E-state index >= 15 is 0 Å². The first-order chi connectivity index (χ1) is 10.0. The Balaban J connectivity index is 2.14. The van der Waals surface area contributed by atoms with Crippen LogP contribution in [0.2, 0.25) is 0 Å². The molecule has 1 aliphatic carbocycles. The van der Waals surface area contributed by atoms with E-state index in [9.17, 15) is 18.7 Å². The first kappa shape index (κ1) is 15.9. The molecule has 2 rings (SSSR count). The highest BCUT2D eigenvalue weighted by Crippen LogP contribution is 2.24. The van der Waals surface area contributed by atoms with E-state index in [1.165, 1.54) is 13.0 Å². The number of carbonyl (C=O) groups excluding carboxylic acids is 1. The van der Waals surface area contributed by atoms with Gasteiger partial charge >= 0.3 is 0 Å². The van der Waals surface area contributed by atoms with E-state index < -0.39 is 17.5 Å². The quantitative estimate of drug-likeness (QED) is 0.843. The van der Waals surface area contributed by atoms with Crippen molar-refractivity contribution in [2.45, 2.75) is 45.1 Å². The molecule has 0 aromatic heterocycles. The fourth-order valence-corrected chi connectivity index (χ4v) is 2.87. The fourth-order valence-electron chi connectivity index (χ4n) is 2.87. The SMILES string of the molecule is Cc1cc(C(=O)NC2CCCCCC2CO)c(F)cc1F. The lowest BCUT2D eigenvalue weighted by atomic mass is 9.95. The van der Waals surface area contributed by atoms with E-state index in [2.05, 4.69) is 5.32 Å². The first-order valence-corrected chi connectivity index (χ1v) is 7.40. The van der Waals surface area contributed by atoms with Gasteiger partial charge in [-0.1, -0.05) is 19.3 Å². The van der Waals surface area contributed by atoms with Crippen LogP contribution in [0.3, 0.4) is 0 Å². The Bertz CT molecular complexity index is 519. The lowest BCUT2D eigenvalue weighted by molar-refractivity contribution is 0.0895. The van der Waals surface area contributed by atoms with Gasteiger partial charge in [0.2, 0.25) is 0 Å². The van der Waals surface area contributed by atoms with Gasteiger partial charge < -0.3 is 10.4 Å². The van der Waals surface area contributed by atoms with Crippen molar-refractivity contribution >= 4 is 5.91 Å². The topological polar surface area (TPSA) is 49.3 Å². The molecule has 2 N–H and O–H groups in total. The summed E-state index contributed by atoms with van der Waals surface area (Å²) in [5.41, 5.74) is 0.0935. The average Bonchev–Trinajstić information content (AvgIpc) is 2.67. The molecule has 2 atom stereocenters. The monoisotopic (exact) mass is 297 g/mol. The van der Waals surface area contributed by atoms with Crippen molar-refractivity contribution in [3.8, 4) is 0 Å². The Morgan fingerprint density at radius 2 is 1.95 bits per heavy atom. The molecule has 1 aliphatic rings. The van der Waals surface area contributed by atoms with Crippen molar-refractivity contribution in [1.29, 1.82) is 0 Å². The Morgan fingerprint density at radius 3 is 2.67 bits per heavy atom. The maximum absolute atomic E-state index is 13.7. The molecule has 1 aromatic carbocycles. The summed E-state index contributed by atoms with van der Waals surface area (Å²) in [5, 5.41) is 12.2. The Hall–Kier alpha value is -1.49. The maximum Gasteiger partial charge on any atom is 0.254 e. The van der Waals surface area contributed by atoms with Gasteiger partial charge in [-0.3, -0.25) is 4.79 Å². The molecular formula is C16H21F2NO2. The van der Waals surface area contributed by atoms with E-state index in [4.69, 9.17) is 0 Å². The Morgan fingerprint density at radius 1 is 1.24 bits per heavy atom. The summed E-state index contributed by atoms with van der Waals surface area (Å²) in [7, 11) is 0. The molecular weight excluding hydrogens is 276 g/mol. The largest absolute Gasteiger partial charge is 0.396 e. The van der Waals surface area contributed by atoms with Gasteiger partial charge in [0.25, 0.3) is 5.91 Å². The minimum absolute atomic E-state index is 0.000978. The van der Waals surface area contributed by atoms with Gasteiger partial charge in [-0.05, 0) is 31.4 Å². The second-order valence-corrected chi connectivity index (χ2v) is 5.74. The first-order valence-electron chi connectivity index (χ1n) is 7.40. The number of halogens is 2. The second kappa shape index (κ2) is 6.98. The molecule has 5 heteroatoms. The number of rotatable bonds is 3. The third-order valence-electron chi connectivity index (χ3n) is 4.20. The lowest BCUT2D eigenvalue weighted by Gasteiger charge is -2.24. The molecule has 1 saturated carbocycles. The standard InChI is InChI=1S/C16H21F2NO2/c1-10-7-12(14(18)8-13(10)17)16(21)19-15-6-4-2-3-5-11(15)9-20/h7-8,11,15,20H,2-6,9H2,1H3,(H,19,21). The zero-order valence-corrected chi connectivity index (χ0v) is 12.2. The van der Waals surface area contributed by atoms with Crippen LogP contribution >= 0.6 is 0 Å². The summed E-state index contributed by atoms with van der Waals surface area (Å²) in [4.78, 5) is 12.2. The van der Waals surface area contributed by atoms with Crippen LogP contribution in [-0.2, 0) is 0 Å². The Kier molecular flexibility index (Phi) is 5.28. The van der Waals surface area contributed by atoms with Gasteiger partial charge in [0.1, 0.15) is 11.6 Å². The summed E-state index contributed by atoms with van der Waals surface area (Å²) in [5.74, 6) is -2.06. The van der Waals surface area contributed by atoms with Crippen molar-refractivity contribution in [2.75, 3.05) is 6.61 Å². The molecule has 2 unspecified atom stereocenters. The third-order valence-corrected chi connectivity index (χ3v) is 4.20. The Labute approximate surface area is 123 Å². The smallest absolute Gasteiger partial charge is 0.254 e. The summed E-state index contributed by atoms with van der Waals surface area (Å²) < 4.78 is 27.0. The number of aliphatic hydroxyl groups excluding tert-OH is 1. The van der Waals surface area contributed by atoms with Crippen LogP contribution in [0.4, 0.5) is 8.78 Å². The van der Waals surface area contributed by atoms with E-state index in [0.717, 1.165) is 38.2 Å². The number of hydrogen-bond donors (Lipinski definition) is 2. The van der Waals surface area contributed by atoms with E-state index in [1.807, 2.05) is 0 Å². The van der Waals surface area contributed by atoms with Crippen LogP contribution in [0.15, 0.2) is 12.1 Å². The van der Waals surface area contributed by atoms with Gasteiger partial charge in [-0.15, -0.1) is 0 Å². The molecule has 1 fully saturated rings. The summed E-state index contributed by atoms with van der Waals surface area (Å²) in [6, 6.07) is 1.81. The van der Waals surface area contributed by atoms with Gasteiger partial charge in [0.05, 0.1) is 5.56 Å². The number of aryl methyl sites for hydroxylation is 1. The number of hydrogen-bond acceptors (Lipinski definition) is 2. The average molecular weight is 297 g/mol. The van der Waals surface area contributed by atoms with Crippen molar-refractivity contribution in [3.63, 3.8) is 0 Å². The van der Waals surface area contributed by atoms with Crippen LogP contribution in [0.5, 0.6) is 0 Å². The van der Waals surface area contributed by atoms with Crippen LogP contribution in [0.25, 0.3) is 0 Å². The number of benzene rings is 1. The molecule has 21 heavy (non-hydrogen) atoms. The van der Waals surface area contributed by atoms with Crippen molar-refractivity contribution < 1.29 is 18.7 Å². The van der Waals surface area contributed by atoms with Gasteiger partial charge in [-0.25, -0.2) is 8.78 Å². The van der Waals surface area contributed by atoms with E-state index in [0.29, 0.717) is 0 Å². The minimum atomic E-state index is -0.857. The molecule has 3 nitrogen and oxygen atoms in total. The number of carbonyl (C=O) groups is 1. The highest BCUT2D eigenvalue weighted by molar-refractivity contribution is 5.94. The summed E-state index contributed by atoms with van der Waals surface area (Å²) in [6.45, 7) is 1.50. The minimum Gasteiger partial charge on any atom is -0.396 e. The molecule has 0 heterocycles. The fraction of sp³-hybridized carbons (Fsp3) is 0.562. The summed E-state index contributed by atoms with van der Waals surface area (Å²) in [6.07, 6.45) is 4.71. The third kappa shape index (κ3) is 3.79. The van der Waals surface area contributed by atoms with Crippen molar-refractivity contribution in [2.24, 2.45) is 5.92 Å². The lowest BCUT2D eigenvalue weighted by Crippen LogP contribution is -2.41. The highest BCUT2D eigenvalue weighted by Gasteiger charge is 2.26. The number of aliphatic hydroxyl groups is 1. The predicted octanol–water partition coefficient (Wildman–Crippen LogP) is 2.94. The van der Waals surface area contributed by atoms with Gasteiger partial charge in [-0.2, -0.15) is 0 Å². The predicted molar refractivity (Wildman–Crippen MR) is 76.0 cm³/mol. The van der Waals surface area contributed by atoms with Gasteiger partial charge in [0.15, 0.2) is 0 Å². The molecule has 116 valence electrons. The molecule has 1 amide bonds. The van der Waals surface area contributed by atoms with Crippen LogP contribution in [0.1, 0.15) is 48.0 Å². The highest BCUT2D eigenvalue weighted by atomic mass is 19.1. The molecule has 0 saturated heterocycles. The number of nitrogens with one attached hydrogen (secondary N) is 1. The molecule has 0 bridgehead atoms. The van der Waals surface area contributed by atoms with Crippen LogP contribution < -0.4 is 5.32 Å². The normalized spacial score (nSPS) is 22.7. The zero-order valence-electron chi connectivity index (χ0n) is 12.2. The molecule has 1 aromatic rings. The maximum atomic E-state index is 13.7. The second-order valence-electron chi connectivity index (χ2n) is 5.74. The number of amides is 1. The zero-order chi connectivity index (χ0) is 15.4. The van der Waals surface area contributed by atoms with Crippen LogP contribution in [-0.4, -0.2) is 23.7 Å². The van der Waals surface area contributed by atoms with Crippen LogP contribution in [0, 0.1) is 24.5 Å². The molecule has 0 spiro atoms. The van der Waals surface area contributed by atoms with Crippen molar-refractivity contribution in [1.82, 2.24) is 5.32 Å². The van der Waals surface area contributed by atoms with Crippen molar-refractivity contribution in [3.05, 3.63) is 34.9 Å². The van der Waals surface area contributed by atoms with Gasteiger partial charge in [0, 0.05) is 24.6 Å². The molecule has 0 radical (unpaired) electrons. The summed E-state index contributed by atoms with van der Waals surface area (Å²) >= 11 is 0. The van der Waals surface area contributed by atoms with E-state index in [-0.39, 0.29) is 29.7 Å². The molecule has 0 aliphatic heterocycles.